The number of amides is 1. The van der Waals surface area contributed by atoms with Crippen molar-refractivity contribution in [1.29, 1.82) is 0 Å². The zero-order valence-corrected chi connectivity index (χ0v) is 17.7. The molecule has 2 aromatic rings. The second kappa shape index (κ2) is 9.73. The molecule has 1 N–H and O–H groups in total. The lowest BCUT2D eigenvalue weighted by molar-refractivity contribution is -0.386. The summed E-state index contributed by atoms with van der Waals surface area (Å²) in [4.78, 5) is 38.4. The van der Waals surface area contributed by atoms with Crippen LogP contribution in [0.5, 0.6) is 5.75 Å². The molecule has 1 fully saturated rings. The van der Waals surface area contributed by atoms with Gasteiger partial charge in [-0.3, -0.25) is 19.8 Å². The van der Waals surface area contributed by atoms with E-state index < -0.39 is 28.8 Å². The molecule has 0 spiro atoms. The second-order valence-corrected chi connectivity index (χ2v) is 7.80. The molecule has 1 heterocycles. The van der Waals surface area contributed by atoms with Gasteiger partial charge in [0.2, 0.25) is 0 Å². The van der Waals surface area contributed by atoms with E-state index in [1.807, 2.05) is 13.8 Å². The van der Waals surface area contributed by atoms with E-state index in [1.54, 1.807) is 17.0 Å². The van der Waals surface area contributed by atoms with Crippen molar-refractivity contribution in [1.82, 2.24) is 9.80 Å². The molecule has 2 aromatic carbocycles. The Morgan fingerprint density at radius 3 is 2.47 bits per heavy atom. The van der Waals surface area contributed by atoms with Crippen molar-refractivity contribution in [3.63, 3.8) is 0 Å². The Kier molecular flexibility index (Phi) is 7.04. The number of carbonyl (C=O) groups excluding carboxylic acids is 1. The van der Waals surface area contributed by atoms with E-state index in [2.05, 4.69) is 4.90 Å². The van der Waals surface area contributed by atoms with Crippen molar-refractivity contribution in [3.8, 4) is 5.75 Å². The Morgan fingerprint density at radius 2 is 1.84 bits per heavy atom. The van der Waals surface area contributed by atoms with Gasteiger partial charge in [0, 0.05) is 31.7 Å². The predicted octanol–water partition coefficient (Wildman–Crippen LogP) is 2.93. The molecule has 1 aliphatic heterocycles. The standard InChI is InChI=1S/C22H24FN3O6/c1-14-11-25(15(2)10-24(14)12-16-6-8-17(23)9-7-16)20(27)13-32-19-5-3-4-18(22(28)29)21(19)26(30)31/h3-9,14-15H,10-13H2,1-2H3,(H,28,29)/t14-,15+/m1/s1. The maximum Gasteiger partial charge on any atom is 0.342 e. The van der Waals surface area contributed by atoms with Crippen LogP contribution in [0.1, 0.15) is 29.8 Å². The summed E-state index contributed by atoms with van der Waals surface area (Å²) in [6, 6.07) is 9.90. The zero-order valence-electron chi connectivity index (χ0n) is 17.7. The quantitative estimate of drug-likeness (QED) is 0.515. The third-order valence-electron chi connectivity index (χ3n) is 5.50. The summed E-state index contributed by atoms with van der Waals surface area (Å²) < 4.78 is 18.5. The third-order valence-corrected chi connectivity index (χ3v) is 5.50. The van der Waals surface area contributed by atoms with E-state index in [0.717, 1.165) is 11.6 Å². The maximum absolute atomic E-state index is 13.1. The van der Waals surface area contributed by atoms with E-state index in [0.29, 0.717) is 19.6 Å². The summed E-state index contributed by atoms with van der Waals surface area (Å²) in [5.74, 6) is -2.35. The maximum atomic E-state index is 13.1. The highest BCUT2D eigenvalue weighted by Gasteiger charge is 2.33. The van der Waals surface area contributed by atoms with Crippen LogP contribution in [-0.4, -0.2) is 63.5 Å². The molecule has 9 nitrogen and oxygen atoms in total. The highest BCUT2D eigenvalue weighted by molar-refractivity contribution is 5.93. The molecule has 1 amide bonds. The van der Waals surface area contributed by atoms with Crippen LogP contribution in [0.25, 0.3) is 0 Å². The minimum Gasteiger partial charge on any atom is -0.477 e. The Morgan fingerprint density at radius 1 is 1.16 bits per heavy atom. The van der Waals surface area contributed by atoms with Crippen molar-refractivity contribution in [2.75, 3.05) is 19.7 Å². The average molecular weight is 445 g/mol. The molecular weight excluding hydrogens is 421 g/mol. The Labute approximate surface area is 184 Å². The molecule has 32 heavy (non-hydrogen) atoms. The molecule has 0 radical (unpaired) electrons. The second-order valence-electron chi connectivity index (χ2n) is 7.80. The van der Waals surface area contributed by atoms with E-state index in [9.17, 15) is 24.1 Å². The van der Waals surface area contributed by atoms with Gasteiger partial charge in [-0.25, -0.2) is 9.18 Å². The Hall–Kier alpha value is -3.53. The van der Waals surface area contributed by atoms with Gasteiger partial charge < -0.3 is 14.7 Å². The van der Waals surface area contributed by atoms with Gasteiger partial charge >= 0.3 is 11.7 Å². The smallest absolute Gasteiger partial charge is 0.342 e. The lowest BCUT2D eigenvalue weighted by atomic mass is 10.1. The summed E-state index contributed by atoms with van der Waals surface area (Å²) in [5.41, 5.74) is -0.214. The number of ether oxygens (including phenoxy) is 1. The summed E-state index contributed by atoms with van der Waals surface area (Å²) in [7, 11) is 0. The average Bonchev–Trinajstić information content (AvgIpc) is 2.75. The molecule has 0 bridgehead atoms. The minimum absolute atomic E-state index is 0.0323. The van der Waals surface area contributed by atoms with Crippen LogP contribution >= 0.6 is 0 Å². The number of nitro benzene ring substituents is 1. The number of carboxylic acid groups (broad SMARTS) is 1. The zero-order chi connectivity index (χ0) is 23.4. The monoisotopic (exact) mass is 445 g/mol. The number of carbonyl (C=O) groups is 2. The van der Waals surface area contributed by atoms with E-state index in [-0.39, 0.29) is 29.6 Å². The fourth-order valence-corrected chi connectivity index (χ4v) is 3.81. The van der Waals surface area contributed by atoms with Crippen LogP contribution in [0.2, 0.25) is 0 Å². The molecule has 0 unspecified atom stereocenters. The Bertz CT molecular complexity index is 1010. The van der Waals surface area contributed by atoms with Gasteiger partial charge in [-0.1, -0.05) is 18.2 Å². The van der Waals surface area contributed by atoms with Gasteiger partial charge in [0.25, 0.3) is 5.91 Å². The first-order valence-corrected chi connectivity index (χ1v) is 10.1. The highest BCUT2D eigenvalue weighted by atomic mass is 19.1. The summed E-state index contributed by atoms with van der Waals surface area (Å²) >= 11 is 0. The van der Waals surface area contributed by atoms with Crippen molar-refractivity contribution >= 4 is 17.6 Å². The molecule has 2 atom stereocenters. The number of benzene rings is 2. The van der Waals surface area contributed by atoms with Crippen molar-refractivity contribution in [3.05, 3.63) is 69.5 Å². The normalized spacial score (nSPS) is 18.9. The number of para-hydroxylation sites is 1. The number of carboxylic acids is 1. The van der Waals surface area contributed by atoms with Crippen LogP contribution in [0, 0.1) is 15.9 Å². The fourth-order valence-electron chi connectivity index (χ4n) is 3.81. The first kappa shape index (κ1) is 23.1. The summed E-state index contributed by atoms with van der Waals surface area (Å²) in [6.07, 6.45) is 0. The van der Waals surface area contributed by atoms with Crippen molar-refractivity contribution in [2.24, 2.45) is 0 Å². The van der Waals surface area contributed by atoms with Crippen molar-refractivity contribution in [2.45, 2.75) is 32.5 Å². The predicted molar refractivity (Wildman–Crippen MR) is 113 cm³/mol. The van der Waals surface area contributed by atoms with Crippen LogP contribution < -0.4 is 4.74 Å². The Balaban J connectivity index is 1.64. The van der Waals surface area contributed by atoms with Gasteiger partial charge in [-0.15, -0.1) is 0 Å². The molecule has 10 heteroatoms. The molecule has 0 saturated carbocycles. The number of halogens is 1. The molecule has 1 saturated heterocycles. The number of nitrogens with zero attached hydrogens (tertiary/aromatic N) is 3. The summed E-state index contributed by atoms with van der Waals surface area (Å²) in [5, 5.41) is 20.5. The van der Waals surface area contributed by atoms with Gasteiger partial charge in [-0.05, 0) is 43.7 Å². The third kappa shape index (κ3) is 5.20. The minimum atomic E-state index is -1.45. The van der Waals surface area contributed by atoms with Crippen LogP contribution in [0.15, 0.2) is 42.5 Å². The molecule has 3 rings (SSSR count). The SMILES string of the molecule is C[C@@H]1CN(C(=O)COc2cccc(C(=O)O)c2[N+](=O)[O-])[C@@H](C)CN1Cc1ccc(F)cc1. The number of hydrogen-bond acceptors (Lipinski definition) is 6. The molecule has 170 valence electrons. The van der Waals surface area contributed by atoms with Crippen LogP contribution in [-0.2, 0) is 11.3 Å². The fraction of sp³-hybridized carbons (Fsp3) is 0.364. The molecule has 0 aromatic heterocycles. The van der Waals surface area contributed by atoms with Gasteiger partial charge in [0.05, 0.1) is 4.92 Å². The number of rotatable bonds is 7. The molecule has 0 aliphatic carbocycles. The van der Waals surface area contributed by atoms with E-state index >= 15 is 0 Å². The molecule has 1 aliphatic rings. The van der Waals surface area contributed by atoms with Crippen LogP contribution in [0.4, 0.5) is 10.1 Å². The number of nitro groups is 1. The number of piperazine rings is 1. The number of hydrogen-bond donors (Lipinski definition) is 1. The molecular formula is C22H24FN3O6. The first-order chi connectivity index (χ1) is 15.2. The highest BCUT2D eigenvalue weighted by Crippen LogP contribution is 2.31. The van der Waals surface area contributed by atoms with E-state index in [1.165, 1.54) is 24.3 Å². The lowest BCUT2D eigenvalue weighted by Crippen LogP contribution is -2.58. The van der Waals surface area contributed by atoms with Gasteiger partial charge in [0.1, 0.15) is 11.4 Å². The lowest BCUT2D eigenvalue weighted by Gasteiger charge is -2.44. The van der Waals surface area contributed by atoms with Crippen molar-refractivity contribution < 1.29 is 28.7 Å². The van der Waals surface area contributed by atoms with E-state index in [4.69, 9.17) is 9.84 Å². The van der Waals surface area contributed by atoms with Gasteiger partial charge in [0.15, 0.2) is 12.4 Å². The van der Waals surface area contributed by atoms with Gasteiger partial charge in [-0.2, -0.15) is 0 Å². The van der Waals surface area contributed by atoms with Crippen LogP contribution in [0.3, 0.4) is 0 Å². The number of aromatic carboxylic acids is 1. The topological polar surface area (TPSA) is 113 Å². The largest absolute Gasteiger partial charge is 0.477 e. The summed E-state index contributed by atoms with van der Waals surface area (Å²) in [6.45, 7) is 5.09. The first-order valence-electron chi connectivity index (χ1n) is 10.1.